The molecule has 1 amide bonds. The number of hydrogen-bond acceptors (Lipinski definition) is 7. The second-order valence-corrected chi connectivity index (χ2v) is 7.80. The summed E-state index contributed by atoms with van der Waals surface area (Å²) in [5.41, 5.74) is 1.75. The maximum absolute atomic E-state index is 12.9. The molecule has 1 aliphatic heterocycles. The van der Waals surface area contributed by atoms with Gasteiger partial charge in [0.05, 0.1) is 34.0 Å². The third-order valence-electron chi connectivity index (χ3n) is 6.14. The molecule has 0 radical (unpaired) electrons. The van der Waals surface area contributed by atoms with Gasteiger partial charge in [0.25, 0.3) is 0 Å². The maximum atomic E-state index is 12.9. The maximum Gasteiger partial charge on any atom is 0.339 e. The molecule has 1 aliphatic carbocycles. The van der Waals surface area contributed by atoms with Crippen LogP contribution < -0.4 is 19.6 Å². The van der Waals surface area contributed by atoms with E-state index in [1.165, 1.54) is 33.5 Å². The molecule has 0 unspecified atom stereocenters. The van der Waals surface area contributed by atoms with Crippen LogP contribution in [0.3, 0.4) is 0 Å². The number of carbonyl (C=O) groups excluding carboxylic acids is 1. The highest BCUT2D eigenvalue weighted by Gasteiger charge is 2.34. The van der Waals surface area contributed by atoms with Gasteiger partial charge in [0.2, 0.25) is 11.7 Å². The summed E-state index contributed by atoms with van der Waals surface area (Å²) in [6, 6.07) is 5.65. The molecule has 2 aromatic rings. The molecule has 4 rings (SSSR count). The molecule has 9 nitrogen and oxygen atoms in total. The summed E-state index contributed by atoms with van der Waals surface area (Å²) in [6.45, 7) is 0.730. The molecule has 9 heteroatoms. The number of methoxy groups -OCH3 is 3. The zero-order valence-electron chi connectivity index (χ0n) is 18.7. The highest BCUT2D eigenvalue weighted by atomic mass is 16.5. The van der Waals surface area contributed by atoms with Crippen LogP contribution in [0.5, 0.6) is 17.2 Å². The topological polar surface area (TPSA) is 112 Å². The van der Waals surface area contributed by atoms with Crippen LogP contribution in [0, 0.1) is 0 Å². The number of nitrogens with zero attached hydrogens (tertiary/aromatic N) is 1. The first-order valence-electron chi connectivity index (χ1n) is 10.5. The van der Waals surface area contributed by atoms with E-state index in [0.29, 0.717) is 59.9 Å². The fourth-order valence-corrected chi connectivity index (χ4v) is 4.65. The van der Waals surface area contributed by atoms with Crippen LogP contribution >= 0.6 is 0 Å². The van der Waals surface area contributed by atoms with Gasteiger partial charge in [-0.25, -0.2) is 4.79 Å². The lowest BCUT2D eigenvalue weighted by Gasteiger charge is -2.34. The fourth-order valence-electron chi connectivity index (χ4n) is 4.65. The van der Waals surface area contributed by atoms with Crippen molar-refractivity contribution in [2.24, 2.45) is 0 Å². The molecule has 1 saturated heterocycles. The molecule has 0 saturated carbocycles. The van der Waals surface area contributed by atoms with Crippen molar-refractivity contribution in [3.05, 3.63) is 51.2 Å². The lowest BCUT2D eigenvalue weighted by molar-refractivity contribution is -0.146. The van der Waals surface area contributed by atoms with Crippen molar-refractivity contribution in [1.29, 1.82) is 0 Å². The molecule has 2 aromatic carbocycles. The Morgan fingerprint density at radius 3 is 2.48 bits per heavy atom. The van der Waals surface area contributed by atoms with Crippen LogP contribution in [0.2, 0.25) is 0 Å². The first-order valence-corrected chi connectivity index (χ1v) is 10.5. The normalized spacial score (nSPS) is 17.5. The molecule has 1 heterocycles. The third kappa shape index (κ3) is 3.89. The Bertz CT molecular complexity index is 1180. The summed E-state index contributed by atoms with van der Waals surface area (Å²) in [7, 11) is 4.55. The highest BCUT2D eigenvalue weighted by Crippen LogP contribution is 2.50. The smallest absolute Gasteiger partial charge is 0.339 e. The summed E-state index contributed by atoms with van der Waals surface area (Å²) in [5.74, 6) is -0.201. The number of morpholine rings is 1. The van der Waals surface area contributed by atoms with Gasteiger partial charge in [-0.2, -0.15) is 0 Å². The van der Waals surface area contributed by atoms with Crippen LogP contribution in [-0.4, -0.2) is 63.0 Å². The Labute approximate surface area is 190 Å². The Kier molecular flexibility index (Phi) is 6.24. The minimum Gasteiger partial charge on any atom is -0.493 e. The van der Waals surface area contributed by atoms with Crippen LogP contribution in [0.15, 0.2) is 29.1 Å². The molecular formula is C24H25NO8. The summed E-state index contributed by atoms with van der Waals surface area (Å²) in [4.78, 5) is 39.0. The number of benzene rings is 1. The molecule has 33 heavy (non-hydrogen) atoms. The zero-order valence-corrected chi connectivity index (χ0v) is 18.7. The molecule has 0 spiro atoms. The molecule has 1 N–H and O–H groups in total. The van der Waals surface area contributed by atoms with Crippen molar-refractivity contribution >= 4 is 11.9 Å². The van der Waals surface area contributed by atoms with Crippen LogP contribution in [0.4, 0.5) is 0 Å². The van der Waals surface area contributed by atoms with E-state index in [2.05, 4.69) is 0 Å². The number of fused-ring (bicyclic) bond motifs is 3. The summed E-state index contributed by atoms with van der Waals surface area (Å²) < 4.78 is 22.1. The van der Waals surface area contributed by atoms with Crippen LogP contribution in [-0.2, 0) is 16.0 Å². The van der Waals surface area contributed by atoms with Crippen LogP contribution in [0.1, 0.15) is 33.9 Å². The minimum atomic E-state index is -1.32. The monoisotopic (exact) mass is 455 g/mol. The third-order valence-corrected chi connectivity index (χ3v) is 6.14. The number of ether oxygens (including phenoxy) is 4. The number of aryl methyl sites for hydroxylation is 1. The average molecular weight is 455 g/mol. The number of carboxylic acid groups (broad SMARTS) is 1. The van der Waals surface area contributed by atoms with Gasteiger partial charge in [-0.05, 0) is 47.7 Å². The second-order valence-electron chi connectivity index (χ2n) is 7.80. The standard InChI is InChI=1S/C24H25NO8/c1-30-19-10-13-4-7-17(25-8-9-33-12-20(25)27)16-11-18(26)15(24(28)29)6-5-14(16)21(13)23(32-3)22(19)31-2/h5-6,10-11,17H,4,7-9,12H2,1-3H3,(H,28,29)/t17-/m0/s1. The van der Waals surface area contributed by atoms with E-state index >= 15 is 0 Å². The largest absolute Gasteiger partial charge is 0.493 e. The van der Waals surface area contributed by atoms with Crippen molar-refractivity contribution in [3.8, 4) is 28.4 Å². The Balaban J connectivity index is 2.06. The van der Waals surface area contributed by atoms with Crippen LogP contribution in [0.25, 0.3) is 11.1 Å². The quantitative estimate of drug-likeness (QED) is 0.731. The fraction of sp³-hybridized carbons (Fsp3) is 0.375. The summed E-state index contributed by atoms with van der Waals surface area (Å²) >= 11 is 0. The predicted octanol–water partition coefficient (Wildman–Crippen LogP) is 2.28. The van der Waals surface area contributed by atoms with Gasteiger partial charge in [-0.15, -0.1) is 0 Å². The van der Waals surface area contributed by atoms with Crippen molar-refractivity contribution in [1.82, 2.24) is 4.90 Å². The zero-order chi connectivity index (χ0) is 23.7. The van der Waals surface area contributed by atoms with Gasteiger partial charge in [-0.1, -0.05) is 6.07 Å². The molecule has 2 aliphatic rings. The number of amides is 1. The number of rotatable bonds is 5. The summed E-state index contributed by atoms with van der Waals surface area (Å²) in [6.07, 6.45) is 1.09. The molecule has 0 bridgehead atoms. The van der Waals surface area contributed by atoms with Crippen molar-refractivity contribution < 1.29 is 33.6 Å². The Morgan fingerprint density at radius 1 is 1.09 bits per heavy atom. The Morgan fingerprint density at radius 2 is 1.85 bits per heavy atom. The SMILES string of the molecule is COc1cc2c(c(OC)c1OC)-c1ccc(C(=O)O)c(=O)cc1[C@@H](N1CCOCC1=O)CC2. The van der Waals surface area contributed by atoms with E-state index in [0.717, 1.165) is 5.56 Å². The van der Waals surface area contributed by atoms with Crippen molar-refractivity contribution in [2.75, 3.05) is 41.1 Å². The van der Waals surface area contributed by atoms with E-state index in [-0.39, 0.29) is 18.1 Å². The van der Waals surface area contributed by atoms with Gasteiger partial charge in [0.15, 0.2) is 16.9 Å². The number of carbonyl (C=O) groups is 2. The van der Waals surface area contributed by atoms with Gasteiger partial charge in [-0.3, -0.25) is 9.59 Å². The summed E-state index contributed by atoms with van der Waals surface area (Å²) in [5, 5.41) is 9.54. The molecule has 1 atom stereocenters. The predicted molar refractivity (Wildman–Crippen MR) is 118 cm³/mol. The van der Waals surface area contributed by atoms with E-state index in [1.54, 1.807) is 11.0 Å². The van der Waals surface area contributed by atoms with Gasteiger partial charge < -0.3 is 29.0 Å². The average Bonchev–Trinajstić information content (AvgIpc) is 3.06. The van der Waals surface area contributed by atoms with E-state index in [9.17, 15) is 19.5 Å². The molecule has 174 valence electrons. The van der Waals surface area contributed by atoms with Gasteiger partial charge in [0, 0.05) is 12.1 Å². The van der Waals surface area contributed by atoms with E-state index in [1.807, 2.05) is 6.07 Å². The van der Waals surface area contributed by atoms with E-state index in [4.69, 9.17) is 18.9 Å². The van der Waals surface area contributed by atoms with Crippen molar-refractivity contribution in [3.63, 3.8) is 0 Å². The number of aromatic carboxylic acids is 1. The van der Waals surface area contributed by atoms with E-state index < -0.39 is 17.4 Å². The molecule has 0 aromatic heterocycles. The first-order chi connectivity index (χ1) is 15.9. The second kappa shape index (κ2) is 9.11. The lowest BCUT2D eigenvalue weighted by atomic mass is 9.95. The molecular weight excluding hydrogens is 430 g/mol. The number of carboxylic acids is 1. The van der Waals surface area contributed by atoms with Gasteiger partial charge in [0.1, 0.15) is 12.2 Å². The Hall–Kier alpha value is -3.59. The molecule has 1 fully saturated rings. The van der Waals surface area contributed by atoms with Gasteiger partial charge >= 0.3 is 5.97 Å². The minimum absolute atomic E-state index is 0.0344. The number of hydrogen-bond donors (Lipinski definition) is 1. The highest BCUT2D eigenvalue weighted by molar-refractivity contribution is 5.89. The first kappa shape index (κ1) is 22.6. The lowest BCUT2D eigenvalue weighted by Crippen LogP contribution is -2.44. The van der Waals surface area contributed by atoms with Crippen molar-refractivity contribution in [2.45, 2.75) is 18.9 Å².